The number of hydrogen-bond donors (Lipinski definition) is 1. The zero-order valence-electron chi connectivity index (χ0n) is 7.08. The smallest absolute Gasteiger partial charge is 0.152 e. The van der Waals surface area contributed by atoms with Gasteiger partial charge in [0.25, 0.3) is 0 Å². The Labute approximate surface area is 83.7 Å². The second-order valence-corrected chi connectivity index (χ2v) is 3.88. The van der Waals surface area contributed by atoms with Crippen LogP contribution in [0.4, 0.5) is 13.2 Å². The maximum atomic E-state index is 13.4. The molecule has 0 atom stereocenters. The Balaban J connectivity index is 2.65. The molecule has 14 heavy (non-hydrogen) atoms. The van der Waals surface area contributed by atoms with Gasteiger partial charge < -0.3 is 5.73 Å². The highest BCUT2D eigenvalue weighted by molar-refractivity contribution is 6.31. The van der Waals surface area contributed by atoms with Gasteiger partial charge in [-0.1, -0.05) is 11.6 Å². The standard InChI is InChI=1S/C9H7ClF3N/c10-7-5(12)3-4(11)6(8(7)13)9(14)1-2-9/h3H,1-2,14H2. The lowest BCUT2D eigenvalue weighted by Gasteiger charge is -2.12. The van der Waals surface area contributed by atoms with Crippen LogP contribution in [0.3, 0.4) is 0 Å². The minimum absolute atomic E-state index is 0.302. The molecular formula is C9H7ClF3N. The van der Waals surface area contributed by atoms with Crippen molar-refractivity contribution in [2.45, 2.75) is 18.4 Å². The van der Waals surface area contributed by atoms with E-state index >= 15 is 0 Å². The van der Waals surface area contributed by atoms with E-state index in [9.17, 15) is 13.2 Å². The van der Waals surface area contributed by atoms with E-state index in [-0.39, 0.29) is 5.56 Å². The molecule has 2 N–H and O–H groups in total. The summed E-state index contributed by atoms with van der Waals surface area (Å²) in [5.41, 5.74) is 4.33. The molecule has 1 saturated carbocycles. The topological polar surface area (TPSA) is 26.0 Å². The summed E-state index contributed by atoms with van der Waals surface area (Å²) in [4.78, 5) is 0. The summed E-state index contributed by atoms with van der Waals surface area (Å²) in [5, 5.41) is -0.696. The molecule has 1 fully saturated rings. The molecule has 0 aromatic heterocycles. The van der Waals surface area contributed by atoms with Crippen LogP contribution in [0.1, 0.15) is 18.4 Å². The van der Waals surface area contributed by atoms with Crippen LogP contribution in [0.2, 0.25) is 5.02 Å². The molecule has 1 nitrogen and oxygen atoms in total. The van der Waals surface area contributed by atoms with Crippen molar-refractivity contribution in [1.82, 2.24) is 0 Å². The molecule has 0 heterocycles. The SMILES string of the molecule is NC1(c2c(F)cc(F)c(Cl)c2F)CC1. The van der Waals surface area contributed by atoms with Gasteiger partial charge in [-0.2, -0.15) is 0 Å². The van der Waals surface area contributed by atoms with E-state index in [0.717, 1.165) is 0 Å². The molecule has 1 aliphatic carbocycles. The third kappa shape index (κ3) is 1.29. The highest BCUT2D eigenvalue weighted by Gasteiger charge is 2.45. The fourth-order valence-corrected chi connectivity index (χ4v) is 1.56. The molecule has 1 aromatic rings. The fraction of sp³-hybridized carbons (Fsp3) is 0.333. The van der Waals surface area contributed by atoms with E-state index in [4.69, 9.17) is 17.3 Å². The van der Waals surface area contributed by atoms with Gasteiger partial charge in [0.05, 0.1) is 0 Å². The Hall–Kier alpha value is -0.740. The van der Waals surface area contributed by atoms with E-state index in [0.29, 0.717) is 18.9 Å². The Morgan fingerprint density at radius 2 is 1.79 bits per heavy atom. The first-order valence-electron chi connectivity index (χ1n) is 4.08. The molecule has 0 saturated heterocycles. The monoisotopic (exact) mass is 221 g/mol. The normalized spacial score (nSPS) is 18.4. The molecule has 1 aliphatic rings. The van der Waals surface area contributed by atoms with Crippen molar-refractivity contribution in [2.75, 3.05) is 0 Å². The maximum absolute atomic E-state index is 13.4. The highest BCUT2D eigenvalue weighted by atomic mass is 35.5. The van der Waals surface area contributed by atoms with Crippen molar-refractivity contribution in [1.29, 1.82) is 0 Å². The molecule has 1 aromatic carbocycles. The van der Waals surface area contributed by atoms with Gasteiger partial charge in [-0.3, -0.25) is 0 Å². The van der Waals surface area contributed by atoms with Gasteiger partial charge in [-0.15, -0.1) is 0 Å². The van der Waals surface area contributed by atoms with Crippen molar-refractivity contribution < 1.29 is 13.2 Å². The van der Waals surface area contributed by atoms with E-state index in [1.807, 2.05) is 0 Å². The zero-order chi connectivity index (χ0) is 10.5. The van der Waals surface area contributed by atoms with Crippen LogP contribution in [0, 0.1) is 17.5 Å². The highest BCUT2D eigenvalue weighted by Crippen LogP contribution is 2.46. The van der Waals surface area contributed by atoms with Gasteiger partial charge in [-0.05, 0) is 12.8 Å². The van der Waals surface area contributed by atoms with Crippen molar-refractivity contribution in [2.24, 2.45) is 5.73 Å². The van der Waals surface area contributed by atoms with Crippen molar-refractivity contribution >= 4 is 11.6 Å². The molecule has 0 unspecified atom stereocenters. The predicted molar refractivity (Wildman–Crippen MR) is 46.4 cm³/mol. The summed E-state index contributed by atoms with van der Waals surface area (Å²) in [6.07, 6.45) is 0.978. The molecular weight excluding hydrogens is 215 g/mol. The van der Waals surface area contributed by atoms with E-state index in [2.05, 4.69) is 0 Å². The van der Waals surface area contributed by atoms with Crippen LogP contribution >= 0.6 is 11.6 Å². The van der Waals surface area contributed by atoms with Crippen molar-refractivity contribution in [3.63, 3.8) is 0 Å². The molecule has 0 bridgehead atoms. The largest absolute Gasteiger partial charge is 0.321 e. The molecule has 0 aliphatic heterocycles. The molecule has 5 heteroatoms. The lowest BCUT2D eigenvalue weighted by atomic mass is 10.0. The lowest BCUT2D eigenvalue weighted by molar-refractivity contribution is 0.498. The minimum Gasteiger partial charge on any atom is -0.321 e. The number of benzene rings is 1. The van der Waals surface area contributed by atoms with E-state index in [1.165, 1.54) is 0 Å². The zero-order valence-corrected chi connectivity index (χ0v) is 7.84. The van der Waals surface area contributed by atoms with Crippen LogP contribution in [0.5, 0.6) is 0 Å². The first-order valence-corrected chi connectivity index (χ1v) is 4.46. The Bertz CT molecular complexity index is 402. The number of rotatable bonds is 1. The summed E-state index contributed by atoms with van der Waals surface area (Å²) in [6, 6.07) is 0.563. The summed E-state index contributed by atoms with van der Waals surface area (Å²) in [6.45, 7) is 0. The van der Waals surface area contributed by atoms with Gasteiger partial charge in [0.2, 0.25) is 0 Å². The molecule has 0 spiro atoms. The van der Waals surface area contributed by atoms with Gasteiger partial charge >= 0.3 is 0 Å². The van der Waals surface area contributed by atoms with Gasteiger partial charge in [0.15, 0.2) is 5.82 Å². The number of nitrogens with two attached hydrogens (primary N) is 1. The predicted octanol–water partition coefficient (Wildman–Crippen LogP) is 2.71. The van der Waals surface area contributed by atoms with Gasteiger partial charge in [-0.25, -0.2) is 13.2 Å². The summed E-state index contributed by atoms with van der Waals surface area (Å²) >= 11 is 5.32. The second kappa shape index (κ2) is 2.87. The van der Waals surface area contributed by atoms with Crippen LogP contribution in [-0.4, -0.2) is 0 Å². The van der Waals surface area contributed by atoms with Crippen LogP contribution < -0.4 is 5.73 Å². The average molecular weight is 222 g/mol. The average Bonchev–Trinajstić information content (AvgIpc) is 2.80. The number of halogens is 4. The fourth-order valence-electron chi connectivity index (χ4n) is 1.41. The third-order valence-electron chi connectivity index (χ3n) is 2.40. The molecule has 76 valence electrons. The quantitative estimate of drug-likeness (QED) is 0.573. The summed E-state index contributed by atoms with van der Waals surface area (Å²) in [5.74, 6) is -3.15. The van der Waals surface area contributed by atoms with Crippen molar-refractivity contribution in [3.05, 3.63) is 34.1 Å². The molecule has 0 amide bonds. The molecule has 0 radical (unpaired) electrons. The maximum Gasteiger partial charge on any atom is 0.152 e. The van der Waals surface area contributed by atoms with Crippen LogP contribution in [0.15, 0.2) is 6.07 Å². The van der Waals surface area contributed by atoms with Gasteiger partial charge in [0, 0.05) is 17.2 Å². The van der Waals surface area contributed by atoms with Crippen molar-refractivity contribution in [3.8, 4) is 0 Å². The van der Waals surface area contributed by atoms with Crippen LogP contribution in [-0.2, 0) is 5.54 Å². The third-order valence-corrected chi connectivity index (χ3v) is 2.75. The van der Waals surface area contributed by atoms with Crippen LogP contribution in [0.25, 0.3) is 0 Å². The Kier molecular flexibility index (Phi) is 2.01. The summed E-state index contributed by atoms with van der Waals surface area (Å²) < 4.78 is 39.4. The minimum atomic E-state index is -1.10. The van der Waals surface area contributed by atoms with E-state index < -0.39 is 28.0 Å². The van der Waals surface area contributed by atoms with E-state index in [1.54, 1.807) is 0 Å². The Morgan fingerprint density at radius 1 is 1.21 bits per heavy atom. The summed E-state index contributed by atoms with van der Waals surface area (Å²) in [7, 11) is 0. The van der Waals surface area contributed by atoms with Gasteiger partial charge in [0.1, 0.15) is 16.7 Å². The molecule has 2 rings (SSSR count). The first-order chi connectivity index (χ1) is 6.46. The Morgan fingerprint density at radius 3 is 2.29 bits per heavy atom. The lowest BCUT2D eigenvalue weighted by Crippen LogP contribution is -2.22. The number of hydrogen-bond acceptors (Lipinski definition) is 1. The first kappa shape index (κ1) is 9.80. The second-order valence-electron chi connectivity index (χ2n) is 3.50.